The van der Waals surface area contributed by atoms with E-state index in [-0.39, 0.29) is 0 Å². The van der Waals surface area contributed by atoms with Gasteiger partial charge in [-0.15, -0.1) is 11.3 Å². The number of para-hydroxylation sites is 1. The second-order valence-corrected chi connectivity index (χ2v) is 5.32. The van der Waals surface area contributed by atoms with Gasteiger partial charge in [0, 0.05) is 11.1 Å². The van der Waals surface area contributed by atoms with Gasteiger partial charge in [0.2, 0.25) is 5.95 Å². The highest BCUT2D eigenvalue weighted by atomic mass is 32.1. The van der Waals surface area contributed by atoms with Crippen LogP contribution in [0.4, 0.5) is 5.95 Å². The SMILES string of the molecule is Cc1csc(Cn2c(N)nc3cccc(C)c32)n1. The van der Waals surface area contributed by atoms with E-state index < -0.39 is 0 Å². The van der Waals surface area contributed by atoms with Crippen LogP contribution in [0.3, 0.4) is 0 Å². The van der Waals surface area contributed by atoms with Crippen LogP contribution < -0.4 is 5.73 Å². The molecule has 1 aromatic carbocycles. The van der Waals surface area contributed by atoms with Crippen molar-refractivity contribution in [3.05, 3.63) is 39.8 Å². The van der Waals surface area contributed by atoms with Gasteiger partial charge in [0.15, 0.2) is 0 Å². The molecule has 2 N–H and O–H groups in total. The number of hydrogen-bond acceptors (Lipinski definition) is 4. The first-order chi connectivity index (χ1) is 8.65. The van der Waals surface area contributed by atoms with E-state index in [1.54, 1.807) is 11.3 Å². The van der Waals surface area contributed by atoms with Crippen molar-refractivity contribution in [2.45, 2.75) is 20.4 Å². The lowest BCUT2D eigenvalue weighted by molar-refractivity contribution is 0.824. The zero-order valence-corrected chi connectivity index (χ0v) is 11.2. The van der Waals surface area contributed by atoms with E-state index in [1.165, 1.54) is 5.56 Å². The van der Waals surface area contributed by atoms with E-state index in [9.17, 15) is 0 Å². The van der Waals surface area contributed by atoms with E-state index >= 15 is 0 Å². The molecule has 2 aromatic heterocycles. The fourth-order valence-corrected chi connectivity index (χ4v) is 2.91. The number of rotatable bonds is 2. The van der Waals surface area contributed by atoms with Crippen molar-refractivity contribution < 1.29 is 0 Å². The lowest BCUT2D eigenvalue weighted by atomic mass is 10.2. The predicted octanol–water partition coefficient (Wildman–Crippen LogP) is 2.74. The van der Waals surface area contributed by atoms with Gasteiger partial charge in [0.1, 0.15) is 5.01 Å². The highest BCUT2D eigenvalue weighted by molar-refractivity contribution is 7.09. The molecule has 0 aliphatic rings. The van der Waals surface area contributed by atoms with Crippen molar-refractivity contribution in [1.29, 1.82) is 0 Å². The molecule has 0 amide bonds. The lowest BCUT2D eigenvalue weighted by Crippen LogP contribution is -2.05. The van der Waals surface area contributed by atoms with E-state index in [0.29, 0.717) is 12.5 Å². The quantitative estimate of drug-likeness (QED) is 0.769. The lowest BCUT2D eigenvalue weighted by Gasteiger charge is -2.05. The van der Waals surface area contributed by atoms with Gasteiger partial charge in [-0.1, -0.05) is 12.1 Å². The first-order valence-corrected chi connectivity index (χ1v) is 6.65. The minimum atomic E-state index is 0.548. The molecule has 2 heterocycles. The predicted molar refractivity (Wildman–Crippen MR) is 74.8 cm³/mol. The topological polar surface area (TPSA) is 56.7 Å². The largest absolute Gasteiger partial charge is 0.369 e. The third-order valence-corrected chi connectivity index (χ3v) is 3.91. The summed E-state index contributed by atoms with van der Waals surface area (Å²) in [6.45, 7) is 4.76. The molecule has 0 fully saturated rings. The van der Waals surface area contributed by atoms with Crippen LogP contribution in [0.25, 0.3) is 11.0 Å². The van der Waals surface area contributed by atoms with Gasteiger partial charge in [0.25, 0.3) is 0 Å². The van der Waals surface area contributed by atoms with Crippen LogP contribution in [0.15, 0.2) is 23.6 Å². The van der Waals surface area contributed by atoms with Crippen LogP contribution in [-0.2, 0) is 6.54 Å². The fraction of sp³-hybridized carbons (Fsp3) is 0.231. The highest BCUT2D eigenvalue weighted by Gasteiger charge is 2.11. The van der Waals surface area contributed by atoms with Gasteiger partial charge >= 0.3 is 0 Å². The molecule has 5 heteroatoms. The van der Waals surface area contributed by atoms with Crippen molar-refractivity contribution in [3.8, 4) is 0 Å². The van der Waals surface area contributed by atoms with Crippen molar-refractivity contribution in [2.75, 3.05) is 5.73 Å². The number of nitrogens with zero attached hydrogens (tertiary/aromatic N) is 3. The van der Waals surface area contributed by atoms with Gasteiger partial charge in [-0.25, -0.2) is 9.97 Å². The molecule has 0 spiro atoms. The molecule has 0 saturated carbocycles. The van der Waals surface area contributed by atoms with Crippen LogP contribution >= 0.6 is 11.3 Å². The third kappa shape index (κ3) is 1.76. The summed E-state index contributed by atoms with van der Waals surface area (Å²) in [7, 11) is 0. The number of aryl methyl sites for hydroxylation is 2. The maximum Gasteiger partial charge on any atom is 0.201 e. The first-order valence-electron chi connectivity index (χ1n) is 5.77. The Balaban J connectivity index is 2.13. The Hall–Kier alpha value is -1.88. The van der Waals surface area contributed by atoms with Gasteiger partial charge in [-0.3, -0.25) is 0 Å². The normalized spacial score (nSPS) is 11.2. The Morgan fingerprint density at radius 1 is 1.28 bits per heavy atom. The molecule has 4 nitrogen and oxygen atoms in total. The number of nitrogen functional groups attached to an aromatic ring is 1. The summed E-state index contributed by atoms with van der Waals surface area (Å²) in [6.07, 6.45) is 0. The molecule has 0 aliphatic heterocycles. The van der Waals surface area contributed by atoms with Gasteiger partial charge in [0.05, 0.1) is 17.6 Å². The molecule has 0 saturated heterocycles. The Morgan fingerprint density at radius 2 is 2.11 bits per heavy atom. The number of thiazole rings is 1. The van der Waals surface area contributed by atoms with Crippen LogP contribution in [0, 0.1) is 13.8 Å². The average molecular weight is 258 g/mol. The number of aromatic nitrogens is 3. The summed E-state index contributed by atoms with van der Waals surface area (Å²) in [6, 6.07) is 6.07. The van der Waals surface area contributed by atoms with E-state index in [0.717, 1.165) is 21.7 Å². The zero-order valence-electron chi connectivity index (χ0n) is 10.3. The standard InChI is InChI=1S/C13H14N4S/c1-8-4-3-5-10-12(8)17(13(14)16-10)6-11-15-9(2)7-18-11/h3-5,7H,6H2,1-2H3,(H2,14,16). The minimum Gasteiger partial charge on any atom is -0.369 e. The highest BCUT2D eigenvalue weighted by Crippen LogP contribution is 2.23. The number of anilines is 1. The smallest absolute Gasteiger partial charge is 0.201 e. The molecule has 0 bridgehead atoms. The number of imidazole rings is 1. The van der Waals surface area contributed by atoms with E-state index in [2.05, 4.69) is 28.3 Å². The van der Waals surface area contributed by atoms with Crippen LogP contribution in [-0.4, -0.2) is 14.5 Å². The molecule has 0 radical (unpaired) electrons. The number of hydrogen-bond donors (Lipinski definition) is 1. The summed E-state index contributed by atoms with van der Waals surface area (Å²) in [4.78, 5) is 8.87. The summed E-state index contributed by atoms with van der Waals surface area (Å²) >= 11 is 1.66. The molecular weight excluding hydrogens is 244 g/mol. The molecule has 18 heavy (non-hydrogen) atoms. The summed E-state index contributed by atoms with van der Waals surface area (Å²) < 4.78 is 2.03. The molecular formula is C13H14N4S. The van der Waals surface area contributed by atoms with Crippen molar-refractivity contribution >= 4 is 28.3 Å². The summed E-state index contributed by atoms with van der Waals surface area (Å²) in [5.41, 5.74) is 10.3. The first kappa shape index (κ1) is 11.2. The number of fused-ring (bicyclic) bond motifs is 1. The van der Waals surface area contributed by atoms with E-state index in [4.69, 9.17) is 5.73 Å². The molecule has 0 atom stereocenters. The van der Waals surface area contributed by atoms with E-state index in [1.807, 2.05) is 23.6 Å². The van der Waals surface area contributed by atoms with Crippen LogP contribution in [0.5, 0.6) is 0 Å². The van der Waals surface area contributed by atoms with Gasteiger partial charge in [-0.2, -0.15) is 0 Å². The minimum absolute atomic E-state index is 0.548. The Morgan fingerprint density at radius 3 is 2.83 bits per heavy atom. The van der Waals surface area contributed by atoms with Crippen molar-refractivity contribution in [3.63, 3.8) is 0 Å². The van der Waals surface area contributed by atoms with Gasteiger partial charge < -0.3 is 10.3 Å². The summed E-state index contributed by atoms with van der Waals surface area (Å²) in [5, 5.41) is 3.11. The van der Waals surface area contributed by atoms with Gasteiger partial charge in [-0.05, 0) is 25.5 Å². The monoisotopic (exact) mass is 258 g/mol. The second kappa shape index (κ2) is 4.10. The maximum atomic E-state index is 6.01. The average Bonchev–Trinajstić information content (AvgIpc) is 2.85. The Kier molecular flexibility index (Phi) is 2.56. The number of benzene rings is 1. The van der Waals surface area contributed by atoms with Crippen molar-refractivity contribution in [1.82, 2.24) is 14.5 Å². The third-order valence-electron chi connectivity index (χ3n) is 2.96. The second-order valence-electron chi connectivity index (χ2n) is 4.38. The van der Waals surface area contributed by atoms with Crippen molar-refractivity contribution in [2.24, 2.45) is 0 Å². The van der Waals surface area contributed by atoms with Crippen LogP contribution in [0.2, 0.25) is 0 Å². The van der Waals surface area contributed by atoms with Crippen LogP contribution in [0.1, 0.15) is 16.3 Å². The molecule has 0 aliphatic carbocycles. The Bertz CT molecular complexity index is 711. The Labute approximate surface area is 109 Å². The maximum absolute atomic E-state index is 6.01. The molecule has 92 valence electrons. The number of nitrogens with two attached hydrogens (primary N) is 1. The molecule has 3 aromatic rings. The zero-order chi connectivity index (χ0) is 12.7. The summed E-state index contributed by atoms with van der Waals surface area (Å²) in [5.74, 6) is 0.548. The fourth-order valence-electron chi connectivity index (χ4n) is 2.15. The molecule has 0 unspecified atom stereocenters. The molecule has 3 rings (SSSR count).